The molecule has 0 spiro atoms. The summed E-state index contributed by atoms with van der Waals surface area (Å²) in [6, 6.07) is 10.7. The maximum absolute atomic E-state index is 13.0. The van der Waals surface area contributed by atoms with Gasteiger partial charge in [0.2, 0.25) is 5.43 Å². The molecule has 9 heteroatoms. The molecule has 0 saturated carbocycles. The number of nitrogens with one attached hydrogen (secondary N) is 1. The van der Waals surface area contributed by atoms with E-state index in [1.165, 1.54) is 35.7 Å². The van der Waals surface area contributed by atoms with Crippen molar-refractivity contribution in [3.63, 3.8) is 0 Å². The lowest BCUT2D eigenvalue weighted by Gasteiger charge is -2.30. The Balaban J connectivity index is 1.37. The maximum Gasteiger partial charge on any atom is 0.270 e. The number of carbonyl (C=O) groups excluding carboxylic acids is 2. The molecule has 0 unspecified atom stereocenters. The van der Waals surface area contributed by atoms with Gasteiger partial charge in [0.1, 0.15) is 18.1 Å². The number of fused-ring (bicyclic) bond motifs is 1. The van der Waals surface area contributed by atoms with Crippen LogP contribution in [0.3, 0.4) is 0 Å². The number of halogens is 1. The molecule has 1 aliphatic heterocycles. The van der Waals surface area contributed by atoms with Crippen LogP contribution in [0.15, 0.2) is 58.8 Å². The quantitative estimate of drug-likeness (QED) is 0.611. The monoisotopic (exact) mass is 441 g/mol. The van der Waals surface area contributed by atoms with E-state index in [1.807, 2.05) is 5.38 Å². The maximum atomic E-state index is 13.0. The van der Waals surface area contributed by atoms with Crippen molar-refractivity contribution < 1.29 is 18.7 Å². The number of carbonyl (C=O) groups is 2. The van der Waals surface area contributed by atoms with E-state index in [1.54, 1.807) is 33.7 Å². The van der Waals surface area contributed by atoms with Gasteiger partial charge in [0, 0.05) is 32.2 Å². The van der Waals surface area contributed by atoms with E-state index in [2.05, 4.69) is 5.32 Å². The van der Waals surface area contributed by atoms with Gasteiger partial charge in [0.05, 0.1) is 11.1 Å². The molecule has 0 fully saturated rings. The zero-order chi connectivity index (χ0) is 21.8. The first kappa shape index (κ1) is 20.8. The van der Waals surface area contributed by atoms with Crippen LogP contribution in [0.5, 0.6) is 5.75 Å². The fourth-order valence-electron chi connectivity index (χ4n) is 3.28. The number of aromatic nitrogens is 1. The molecule has 0 aliphatic carbocycles. The van der Waals surface area contributed by atoms with E-state index in [9.17, 15) is 18.8 Å². The van der Waals surface area contributed by atoms with Crippen molar-refractivity contribution >= 4 is 23.2 Å². The number of thiophene rings is 1. The van der Waals surface area contributed by atoms with E-state index in [0.717, 1.165) is 5.56 Å². The molecule has 160 valence electrons. The van der Waals surface area contributed by atoms with Crippen LogP contribution >= 0.6 is 11.3 Å². The summed E-state index contributed by atoms with van der Waals surface area (Å²) < 4.78 is 20.3. The van der Waals surface area contributed by atoms with Crippen LogP contribution in [-0.2, 0) is 13.2 Å². The topological polar surface area (TPSA) is 80.6 Å². The smallest absolute Gasteiger partial charge is 0.270 e. The Bertz CT molecular complexity index is 1140. The van der Waals surface area contributed by atoms with Gasteiger partial charge in [0.15, 0.2) is 5.75 Å². The van der Waals surface area contributed by atoms with Crippen LogP contribution in [0.2, 0.25) is 0 Å². The van der Waals surface area contributed by atoms with E-state index in [0.29, 0.717) is 31.1 Å². The van der Waals surface area contributed by atoms with E-state index >= 15 is 0 Å². The number of pyridine rings is 1. The van der Waals surface area contributed by atoms with Crippen molar-refractivity contribution in [3.8, 4) is 5.75 Å². The molecule has 1 N–H and O–H groups in total. The van der Waals surface area contributed by atoms with Gasteiger partial charge in [-0.2, -0.15) is 0 Å². The molecule has 0 atom stereocenters. The fourth-order valence-corrected chi connectivity index (χ4v) is 3.92. The minimum absolute atomic E-state index is 0.124. The highest BCUT2D eigenvalue weighted by Gasteiger charge is 2.25. The van der Waals surface area contributed by atoms with Gasteiger partial charge in [-0.15, -0.1) is 11.3 Å². The number of hydrogen-bond acceptors (Lipinski definition) is 5. The standard InChI is InChI=1S/C22H20FN3O4S/c23-16-5-3-15(4-6-16)14-30-19-13-26-10-9-25(22(29)17(26)12-18(19)27)8-7-24-21(28)20-2-1-11-31-20/h1-6,11-13H,7-10,14H2,(H,24,28). The highest BCUT2D eigenvalue weighted by atomic mass is 32.1. The molecular formula is C22H20FN3O4S. The Morgan fingerprint density at radius 2 is 1.97 bits per heavy atom. The Labute approximate surface area is 181 Å². The lowest BCUT2D eigenvalue weighted by atomic mass is 10.2. The molecule has 0 radical (unpaired) electrons. The van der Waals surface area contributed by atoms with Gasteiger partial charge in [-0.3, -0.25) is 14.4 Å². The first-order valence-electron chi connectivity index (χ1n) is 9.74. The zero-order valence-electron chi connectivity index (χ0n) is 16.5. The SMILES string of the molecule is O=C(NCCN1CCn2cc(OCc3ccc(F)cc3)c(=O)cc2C1=O)c1cccs1. The van der Waals surface area contributed by atoms with Crippen molar-refractivity contribution in [2.75, 3.05) is 19.6 Å². The molecule has 31 heavy (non-hydrogen) atoms. The summed E-state index contributed by atoms with van der Waals surface area (Å²) in [6.07, 6.45) is 1.54. The average molecular weight is 441 g/mol. The zero-order valence-corrected chi connectivity index (χ0v) is 17.4. The summed E-state index contributed by atoms with van der Waals surface area (Å²) >= 11 is 1.36. The lowest BCUT2D eigenvalue weighted by molar-refractivity contribution is 0.0696. The minimum Gasteiger partial charge on any atom is -0.483 e. The van der Waals surface area contributed by atoms with E-state index < -0.39 is 5.43 Å². The molecule has 1 aromatic carbocycles. The van der Waals surface area contributed by atoms with Gasteiger partial charge in [-0.05, 0) is 29.1 Å². The lowest BCUT2D eigenvalue weighted by Crippen LogP contribution is -2.45. The molecule has 7 nitrogen and oxygen atoms in total. The van der Waals surface area contributed by atoms with Gasteiger partial charge in [-0.1, -0.05) is 18.2 Å². The molecule has 0 bridgehead atoms. The number of nitrogens with zero attached hydrogens (tertiary/aromatic N) is 2. The second-order valence-corrected chi connectivity index (χ2v) is 7.97. The molecule has 2 amide bonds. The number of benzene rings is 1. The third-order valence-electron chi connectivity index (χ3n) is 4.93. The summed E-state index contributed by atoms with van der Waals surface area (Å²) in [5, 5.41) is 4.63. The Kier molecular flexibility index (Phi) is 6.13. The molecule has 2 aromatic heterocycles. The summed E-state index contributed by atoms with van der Waals surface area (Å²) in [4.78, 5) is 39.4. The van der Waals surface area contributed by atoms with Crippen molar-refractivity contribution in [2.24, 2.45) is 0 Å². The van der Waals surface area contributed by atoms with Crippen LogP contribution in [-0.4, -0.2) is 40.9 Å². The van der Waals surface area contributed by atoms with Gasteiger partial charge in [-0.25, -0.2) is 4.39 Å². The fraction of sp³-hybridized carbons (Fsp3) is 0.227. The average Bonchev–Trinajstić information content (AvgIpc) is 3.31. The minimum atomic E-state index is -0.394. The number of ether oxygens (including phenoxy) is 1. The van der Waals surface area contributed by atoms with Crippen molar-refractivity contribution in [1.29, 1.82) is 0 Å². The third-order valence-corrected chi connectivity index (χ3v) is 5.80. The predicted molar refractivity (Wildman–Crippen MR) is 114 cm³/mol. The highest BCUT2D eigenvalue weighted by molar-refractivity contribution is 7.12. The highest BCUT2D eigenvalue weighted by Crippen LogP contribution is 2.16. The molecular weight excluding hydrogens is 421 g/mol. The van der Waals surface area contributed by atoms with Crippen LogP contribution in [0.25, 0.3) is 0 Å². The second kappa shape index (κ2) is 9.13. The molecule has 4 rings (SSSR count). The summed E-state index contributed by atoms with van der Waals surface area (Å²) in [7, 11) is 0. The summed E-state index contributed by atoms with van der Waals surface area (Å²) in [5.74, 6) is -0.637. The largest absolute Gasteiger partial charge is 0.483 e. The first-order chi connectivity index (χ1) is 15.0. The second-order valence-electron chi connectivity index (χ2n) is 7.02. The van der Waals surface area contributed by atoms with Gasteiger partial charge < -0.3 is 19.5 Å². The normalized spacial score (nSPS) is 13.1. The van der Waals surface area contributed by atoms with Crippen molar-refractivity contribution in [2.45, 2.75) is 13.2 Å². The van der Waals surface area contributed by atoms with Gasteiger partial charge >= 0.3 is 0 Å². The third kappa shape index (κ3) is 4.83. The molecule has 3 aromatic rings. The first-order valence-corrected chi connectivity index (χ1v) is 10.6. The molecule has 1 aliphatic rings. The number of hydrogen-bond donors (Lipinski definition) is 1. The van der Waals surface area contributed by atoms with Crippen molar-refractivity contribution in [1.82, 2.24) is 14.8 Å². The molecule has 3 heterocycles. The Hall–Kier alpha value is -3.46. The van der Waals surface area contributed by atoms with E-state index in [-0.39, 0.29) is 35.7 Å². The van der Waals surface area contributed by atoms with E-state index in [4.69, 9.17) is 4.74 Å². The predicted octanol–water partition coefficient (Wildman–Crippen LogP) is 2.51. The number of rotatable bonds is 7. The number of amides is 2. The van der Waals surface area contributed by atoms with Crippen LogP contribution < -0.4 is 15.5 Å². The summed E-state index contributed by atoms with van der Waals surface area (Å²) in [6.45, 7) is 1.77. The molecule has 0 saturated heterocycles. The Morgan fingerprint density at radius 3 is 2.71 bits per heavy atom. The van der Waals surface area contributed by atoms with Crippen LogP contribution in [0.4, 0.5) is 4.39 Å². The van der Waals surface area contributed by atoms with Crippen LogP contribution in [0.1, 0.15) is 25.7 Å². The van der Waals surface area contributed by atoms with Crippen LogP contribution in [0, 0.1) is 5.82 Å². The van der Waals surface area contributed by atoms with Gasteiger partial charge in [0.25, 0.3) is 11.8 Å². The van der Waals surface area contributed by atoms with Crippen molar-refractivity contribution in [3.05, 3.63) is 86.2 Å². The summed E-state index contributed by atoms with van der Waals surface area (Å²) in [5.41, 5.74) is 0.625. The Morgan fingerprint density at radius 1 is 1.16 bits per heavy atom.